The van der Waals surface area contributed by atoms with Gasteiger partial charge in [-0.05, 0) is 31.5 Å². The van der Waals surface area contributed by atoms with Gasteiger partial charge in [-0.2, -0.15) is 5.26 Å². The third kappa shape index (κ3) is 2.80. The van der Waals surface area contributed by atoms with E-state index in [4.69, 9.17) is 10.00 Å². The first-order valence-electron chi connectivity index (χ1n) is 4.95. The molecule has 1 atom stereocenters. The van der Waals surface area contributed by atoms with Gasteiger partial charge in [0.05, 0.1) is 5.56 Å². The summed E-state index contributed by atoms with van der Waals surface area (Å²) in [5.74, 6) is -0.535. The molecule has 1 rings (SSSR count). The highest BCUT2D eigenvalue weighted by Gasteiger charge is 2.13. The minimum Gasteiger partial charge on any atom is -0.475 e. The zero-order chi connectivity index (χ0) is 12.1. The van der Waals surface area contributed by atoms with E-state index >= 15 is 0 Å². The maximum absolute atomic E-state index is 12.9. The fourth-order valence-corrected chi connectivity index (χ4v) is 1.23. The molecule has 0 saturated carbocycles. The Morgan fingerprint density at radius 3 is 2.81 bits per heavy atom. The van der Waals surface area contributed by atoms with E-state index < -0.39 is 11.9 Å². The van der Waals surface area contributed by atoms with Crippen molar-refractivity contribution in [2.75, 3.05) is 0 Å². The van der Waals surface area contributed by atoms with Crippen LogP contribution < -0.4 is 4.74 Å². The number of rotatable bonds is 4. The summed E-state index contributed by atoms with van der Waals surface area (Å²) in [5, 5.41) is 8.74. The lowest BCUT2D eigenvalue weighted by Gasteiger charge is -2.12. The van der Waals surface area contributed by atoms with Crippen LogP contribution in [0.4, 0.5) is 4.39 Å². The van der Waals surface area contributed by atoms with E-state index in [2.05, 4.69) is 0 Å². The quantitative estimate of drug-likeness (QED) is 0.734. The van der Waals surface area contributed by atoms with E-state index in [0.29, 0.717) is 6.42 Å². The number of carbonyl (C=O) groups is 1. The van der Waals surface area contributed by atoms with Gasteiger partial charge in [0.15, 0.2) is 11.9 Å². The summed E-state index contributed by atoms with van der Waals surface area (Å²) in [6.45, 7) is 3.12. The van der Waals surface area contributed by atoms with Crippen molar-refractivity contribution < 1.29 is 13.9 Å². The van der Waals surface area contributed by atoms with Gasteiger partial charge in [0, 0.05) is 0 Å². The van der Waals surface area contributed by atoms with Crippen LogP contribution in [0.3, 0.4) is 0 Å². The molecule has 0 fully saturated rings. The topological polar surface area (TPSA) is 50.1 Å². The van der Waals surface area contributed by atoms with Crippen molar-refractivity contribution in [3.05, 3.63) is 29.6 Å². The van der Waals surface area contributed by atoms with Gasteiger partial charge in [-0.1, -0.05) is 6.92 Å². The van der Waals surface area contributed by atoms with Crippen LogP contribution in [0, 0.1) is 17.1 Å². The molecule has 0 bridgehead atoms. The van der Waals surface area contributed by atoms with E-state index in [-0.39, 0.29) is 17.1 Å². The standard InChI is InChI=1S/C12H12FNO2/c1-3-10(7-14)16-12-5-4-9(13)6-11(12)8(2)15/h4-6,10H,3H2,1-2H3. The number of nitriles is 1. The monoisotopic (exact) mass is 221 g/mol. The zero-order valence-corrected chi connectivity index (χ0v) is 9.16. The van der Waals surface area contributed by atoms with Crippen LogP contribution in [0.25, 0.3) is 0 Å². The van der Waals surface area contributed by atoms with Gasteiger partial charge in [0.25, 0.3) is 0 Å². The molecule has 0 aromatic heterocycles. The van der Waals surface area contributed by atoms with E-state index in [9.17, 15) is 9.18 Å². The molecule has 0 aliphatic carbocycles. The molecule has 0 radical (unpaired) electrons. The summed E-state index contributed by atoms with van der Waals surface area (Å²) in [7, 11) is 0. The third-order valence-corrected chi connectivity index (χ3v) is 2.10. The second kappa shape index (κ2) is 5.26. The Morgan fingerprint density at radius 2 is 2.31 bits per heavy atom. The molecule has 0 heterocycles. The fourth-order valence-electron chi connectivity index (χ4n) is 1.23. The SMILES string of the molecule is CCC(C#N)Oc1ccc(F)cc1C(C)=O. The van der Waals surface area contributed by atoms with Gasteiger partial charge in [0.2, 0.25) is 0 Å². The van der Waals surface area contributed by atoms with Crippen LogP contribution in [0.2, 0.25) is 0 Å². The van der Waals surface area contributed by atoms with E-state index in [1.54, 1.807) is 6.92 Å². The normalized spacial score (nSPS) is 11.6. The molecule has 1 aromatic carbocycles. The highest BCUT2D eigenvalue weighted by atomic mass is 19.1. The highest BCUT2D eigenvalue weighted by Crippen LogP contribution is 2.22. The summed E-state index contributed by atoms with van der Waals surface area (Å²) in [6, 6.07) is 5.63. The van der Waals surface area contributed by atoms with Crippen LogP contribution in [0.5, 0.6) is 5.75 Å². The van der Waals surface area contributed by atoms with Gasteiger partial charge in [-0.15, -0.1) is 0 Å². The fraction of sp³-hybridized carbons (Fsp3) is 0.333. The molecule has 84 valence electrons. The predicted octanol–water partition coefficient (Wildman–Crippen LogP) is 2.71. The number of Topliss-reactive ketones (excluding diaryl/α,β-unsaturated/α-hetero) is 1. The summed E-state index contributed by atoms with van der Waals surface area (Å²) in [6.07, 6.45) is -0.117. The molecular weight excluding hydrogens is 209 g/mol. The first-order chi connectivity index (χ1) is 7.58. The van der Waals surface area contributed by atoms with Crippen molar-refractivity contribution in [1.82, 2.24) is 0 Å². The predicted molar refractivity (Wildman–Crippen MR) is 56.7 cm³/mol. The summed E-state index contributed by atoms with van der Waals surface area (Å²) in [4.78, 5) is 11.2. The van der Waals surface area contributed by atoms with Crippen LogP contribution in [0.15, 0.2) is 18.2 Å². The van der Waals surface area contributed by atoms with Gasteiger partial charge in [-0.3, -0.25) is 4.79 Å². The number of benzene rings is 1. The van der Waals surface area contributed by atoms with Gasteiger partial charge >= 0.3 is 0 Å². The molecule has 0 saturated heterocycles. The Kier molecular flexibility index (Phi) is 4.01. The number of halogens is 1. The molecule has 0 aliphatic heterocycles. The van der Waals surface area contributed by atoms with E-state index in [1.165, 1.54) is 19.1 Å². The minimum atomic E-state index is -0.622. The molecule has 1 aromatic rings. The van der Waals surface area contributed by atoms with Crippen molar-refractivity contribution in [2.45, 2.75) is 26.4 Å². The number of hydrogen-bond acceptors (Lipinski definition) is 3. The molecule has 0 N–H and O–H groups in total. The van der Waals surface area contributed by atoms with Crippen LogP contribution >= 0.6 is 0 Å². The van der Waals surface area contributed by atoms with Crippen LogP contribution in [-0.2, 0) is 0 Å². The zero-order valence-electron chi connectivity index (χ0n) is 9.16. The highest BCUT2D eigenvalue weighted by molar-refractivity contribution is 5.96. The van der Waals surface area contributed by atoms with Crippen molar-refractivity contribution in [3.63, 3.8) is 0 Å². The van der Waals surface area contributed by atoms with Gasteiger partial charge in [0.1, 0.15) is 17.6 Å². The lowest BCUT2D eigenvalue weighted by atomic mass is 10.1. The second-order valence-corrected chi connectivity index (χ2v) is 3.34. The molecule has 4 heteroatoms. The van der Waals surface area contributed by atoms with Crippen LogP contribution in [-0.4, -0.2) is 11.9 Å². The molecule has 0 amide bonds. The first-order valence-corrected chi connectivity index (χ1v) is 4.95. The Morgan fingerprint density at radius 1 is 1.62 bits per heavy atom. The molecule has 1 unspecified atom stereocenters. The average Bonchev–Trinajstić information content (AvgIpc) is 2.27. The van der Waals surface area contributed by atoms with E-state index in [1.807, 2.05) is 6.07 Å². The van der Waals surface area contributed by atoms with Gasteiger partial charge < -0.3 is 4.74 Å². The number of nitrogens with zero attached hydrogens (tertiary/aromatic N) is 1. The lowest BCUT2D eigenvalue weighted by Crippen LogP contribution is -2.14. The summed E-state index contributed by atoms with van der Waals surface area (Å²) in [5.41, 5.74) is 0.161. The maximum Gasteiger partial charge on any atom is 0.184 e. The Hall–Kier alpha value is -1.89. The Bertz CT molecular complexity index is 437. The maximum atomic E-state index is 12.9. The molecule has 0 spiro atoms. The lowest BCUT2D eigenvalue weighted by molar-refractivity contribution is 0.101. The molecule has 3 nitrogen and oxygen atoms in total. The molecular formula is C12H12FNO2. The van der Waals surface area contributed by atoms with E-state index in [0.717, 1.165) is 6.07 Å². The third-order valence-electron chi connectivity index (χ3n) is 2.10. The smallest absolute Gasteiger partial charge is 0.184 e. The summed E-state index contributed by atoms with van der Waals surface area (Å²) < 4.78 is 18.2. The first kappa shape index (κ1) is 12.2. The van der Waals surface area contributed by atoms with Crippen molar-refractivity contribution in [1.29, 1.82) is 5.26 Å². The van der Waals surface area contributed by atoms with Gasteiger partial charge in [-0.25, -0.2) is 4.39 Å². The van der Waals surface area contributed by atoms with Crippen LogP contribution in [0.1, 0.15) is 30.6 Å². The average molecular weight is 221 g/mol. The Labute approximate surface area is 93.5 Å². The number of carbonyl (C=O) groups excluding carboxylic acids is 1. The van der Waals surface area contributed by atoms with Crippen molar-refractivity contribution in [2.24, 2.45) is 0 Å². The number of ketones is 1. The largest absolute Gasteiger partial charge is 0.475 e. The number of ether oxygens (including phenoxy) is 1. The minimum absolute atomic E-state index is 0.161. The Balaban J connectivity index is 3.04. The van der Waals surface area contributed by atoms with Crippen molar-refractivity contribution >= 4 is 5.78 Å². The summed E-state index contributed by atoms with van der Waals surface area (Å²) >= 11 is 0. The molecule has 0 aliphatic rings. The second-order valence-electron chi connectivity index (χ2n) is 3.34. The molecule has 16 heavy (non-hydrogen) atoms. The van der Waals surface area contributed by atoms with Crippen molar-refractivity contribution in [3.8, 4) is 11.8 Å². The number of hydrogen-bond donors (Lipinski definition) is 0.